The summed E-state index contributed by atoms with van der Waals surface area (Å²) in [6.07, 6.45) is 12.1. The lowest BCUT2D eigenvalue weighted by Gasteiger charge is -1.99. The van der Waals surface area contributed by atoms with Crippen LogP contribution in [0.25, 0.3) is 0 Å². The van der Waals surface area contributed by atoms with E-state index >= 15 is 0 Å². The van der Waals surface area contributed by atoms with Gasteiger partial charge in [-0.15, -0.1) is 0 Å². The van der Waals surface area contributed by atoms with Crippen LogP contribution in [0.4, 0.5) is 0 Å². The topological polar surface area (TPSA) is 12.5 Å². The number of ether oxygens (including phenoxy) is 1. The molecule has 0 bridgehead atoms. The van der Waals surface area contributed by atoms with Gasteiger partial charge in [0.1, 0.15) is 6.10 Å². The van der Waals surface area contributed by atoms with Gasteiger partial charge in [0.15, 0.2) is 0 Å². The maximum atomic E-state index is 5.76. The van der Waals surface area contributed by atoms with E-state index in [4.69, 9.17) is 4.74 Å². The van der Waals surface area contributed by atoms with Gasteiger partial charge in [-0.1, -0.05) is 54.1 Å². The van der Waals surface area contributed by atoms with E-state index in [1.807, 2.05) is 0 Å². The monoisotopic (exact) mass is 256 g/mol. The largest absolute Gasteiger partial charge is 0.364 e. The molecule has 1 heteroatoms. The molecular weight excluding hydrogens is 232 g/mol. The first-order valence-corrected chi connectivity index (χ1v) is 7.28. The van der Waals surface area contributed by atoms with Crippen molar-refractivity contribution in [2.75, 3.05) is 0 Å². The lowest BCUT2D eigenvalue weighted by atomic mass is 10.0. The van der Waals surface area contributed by atoms with Crippen LogP contribution in [-0.2, 0) is 4.74 Å². The van der Waals surface area contributed by atoms with Gasteiger partial charge < -0.3 is 4.74 Å². The molecule has 1 saturated heterocycles. The molecule has 0 N–H and O–H groups in total. The average Bonchev–Trinajstić information content (AvgIpc) is 3.22. The second-order valence-corrected chi connectivity index (χ2v) is 5.24. The minimum Gasteiger partial charge on any atom is -0.364 e. The Kier molecular flexibility index (Phi) is 5.41. The molecule has 2 rings (SSSR count). The second kappa shape index (κ2) is 7.30. The predicted molar refractivity (Wildman–Crippen MR) is 81.1 cm³/mol. The quantitative estimate of drug-likeness (QED) is 0.370. The highest BCUT2D eigenvalue weighted by atomic mass is 16.6. The molecule has 1 aliphatic rings. The Bertz CT molecular complexity index is 430. The highest BCUT2D eigenvalue weighted by Crippen LogP contribution is 2.41. The first kappa shape index (κ1) is 14.1. The third-order valence-electron chi connectivity index (χ3n) is 3.60. The van der Waals surface area contributed by atoms with E-state index in [9.17, 15) is 0 Å². The standard InChI is InChI=1S/C18H24O/c1-3-4-5-7-10-15(2)13-14-17-18(19-17)16-11-8-6-9-12-16/h3-4,6,8-12,17-18H,5,7,13-14H2,1-2H3/b4-3+,15-10+/t17-,18-/m0/s1. The highest BCUT2D eigenvalue weighted by Gasteiger charge is 2.39. The molecule has 1 aromatic carbocycles. The van der Waals surface area contributed by atoms with Crippen molar-refractivity contribution in [3.63, 3.8) is 0 Å². The van der Waals surface area contributed by atoms with Gasteiger partial charge in [0.25, 0.3) is 0 Å². The summed E-state index contributed by atoms with van der Waals surface area (Å²) >= 11 is 0. The molecule has 0 aliphatic carbocycles. The van der Waals surface area contributed by atoms with Gasteiger partial charge in [-0.2, -0.15) is 0 Å². The average molecular weight is 256 g/mol. The minimum absolute atomic E-state index is 0.344. The third kappa shape index (κ3) is 4.68. The Morgan fingerprint density at radius 1 is 1.21 bits per heavy atom. The molecule has 0 radical (unpaired) electrons. The highest BCUT2D eigenvalue weighted by molar-refractivity contribution is 5.22. The lowest BCUT2D eigenvalue weighted by Crippen LogP contribution is -1.90. The molecule has 19 heavy (non-hydrogen) atoms. The summed E-state index contributed by atoms with van der Waals surface area (Å²) < 4.78 is 5.76. The number of hydrogen-bond acceptors (Lipinski definition) is 1. The molecule has 1 fully saturated rings. The van der Waals surface area contributed by atoms with Gasteiger partial charge in [-0.3, -0.25) is 0 Å². The van der Waals surface area contributed by atoms with Crippen molar-refractivity contribution < 1.29 is 4.74 Å². The van der Waals surface area contributed by atoms with Gasteiger partial charge in [0, 0.05) is 0 Å². The van der Waals surface area contributed by atoms with E-state index in [0.717, 1.165) is 25.7 Å². The first-order chi connectivity index (χ1) is 9.31. The van der Waals surface area contributed by atoms with E-state index < -0.39 is 0 Å². The van der Waals surface area contributed by atoms with Crippen molar-refractivity contribution in [2.24, 2.45) is 0 Å². The molecule has 1 aliphatic heterocycles. The van der Waals surface area contributed by atoms with E-state index in [2.05, 4.69) is 62.4 Å². The maximum absolute atomic E-state index is 5.76. The van der Waals surface area contributed by atoms with Crippen LogP contribution in [0.2, 0.25) is 0 Å². The molecule has 0 unspecified atom stereocenters. The summed E-state index contributed by atoms with van der Waals surface area (Å²) in [5, 5.41) is 0. The molecule has 1 heterocycles. The molecule has 1 aromatic rings. The third-order valence-corrected chi connectivity index (χ3v) is 3.60. The summed E-state index contributed by atoms with van der Waals surface area (Å²) in [5.74, 6) is 0. The number of rotatable bonds is 7. The van der Waals surface area contributed by atoms with Gasteiger partial charge in [-0.25, -0.2) is 0 Å². The Hall–Kier alpha value is -1.34. The van der Waals surface area contributed by atoms with Crippen molar-refractivity contribution in [1.29, 1.82) is 0 Å². The van der Waals surface area contributed by atoms with Crippen LogP contribution < -0.4 is 0 Å². The normalized spacial score (nSPS) is 22.9. The number of hydrogen-bond donors (Lipinski definition) is 0. The van der Waals surface area contributed by atoms with E-state index in [-0.39, 0.29) is 0 Å². The molecule has 1 nitrogen and oxygen atoms in total. The maximum Gasteiger partial charge on any atom is 0.109 e. The molecule has 0 aromatic heterocycles. The van der Waals surface area contributed by atoms with Gasteiger partial charge in [0.05, 0.1) is 6.10 Å². The lowest BCUT2D eigenvalue weighted by molar-refractivity contribution is 0.365. The smallest absolute Gasteiger partial charge is 0.109 e. The fourth-order valence-corrected chi connectivity index (χ4v) is 2.36. The number of unbranched alkanes of at least 4 members (excludes halogenated alkanes) is 1. The van der Waals surface area contributed by atoms with E-state index in [0.29, 0.717) is 12.2 Å². The van der Waals surface area contributed by atoms with Crippen LogP contribution in [0.5, 0.6) is 0 Å². The SMILES string of the molecule is C/C=C/CC/C=C(\C)CC[C@@H]1O[C@H]1c1ccccc1. The van der Waals surface area contributed by atoms with Crippen LogP contribution in [0, 0.1) is 0 Å². The summed E-state index contributed by atoms with van der Waals surface area (Å²) in [6.45, 7) is 4.31. The number of epoxide rings is 1. The van der Waals surface area contributed by atoms with Crippen LogP contribution >= 0.6 is 0 Å². The summed E-state index contributed by atoms with van der Waals surface area (Å²) in [4.78, 5) is 0. The van der Waals surface area contributed by atoms with Crippen LogP contribution in [0.3, 0.4) is 0 Å². The second-order valence-electron chi connectivity index (χ2n) is 5.24. The van der Waals surface area contributed by atoms with E-state index in [1.165, 1.54) is 11.1 Å². The van der Waals surface area contributed by atoms with Gasteiger partial charge >= 0.3 is 0 Å². The molecule has 102 valence electrons. The molecule has 0 spiro atoms. The fraction of sp³-hybridized carbons (Fsp3) is 0.444. The minimum atomic E-state index is 0.344. The van der Waals surface area contributed by atoms with Crippen molar-refractivity contribution in [3.05, 3.63) is 59.7 Å². The van der Waals surface area contributed by atoms with Crippen LogP contribution in [0.15, 0.2) is 54.1 Å². The van der Waals surface area contributed by atoms with Crippen LogP contribution in [0.1, 0.15) is 51.2 Å². The molecule has 0 amide bonds. The Balaban J connectivity index is 1.67. The summed E-state index contributed by atoms with van der Waals surface area (Å²) in [5.41, 5.74) is 2.81. The van der Waals surface area contributed by atoms with E-state index in [1.54, 1.807) is 0 Å². The number of benzene rings is 1. The van der Waals surface area contributed by atoms with Gasteiger partial charge in [0.2, 0.25) is 0 Å². The van der Waals surface area contributed by atoms with Crippen molar-refractivity contribution >= 4 is 0 Å². The Morgan fingerprint density at radius 3 is 2.74 bits per heavy atom. The fourth-order valence-electron chi connectivity index (χ4n) is 2.36. The number of allylic oxidation sites excluding steroid dienone is 4. The summed E-state index contributed by atoms with van der Waals surface area (Å²) in [7, 11) is 0. The molecular formula is C18H24O. The summed E-state index contributed by atoms with van der Waals surface area (Å²) in [6, 6.07) is 10.5. The molecule has 0 saturated carbocycles. The van der Waals surface area contributed by atoms with Crippen LogP contribution in [-0.4, -0.2) is 6.10 Å². The van der Waals surface area contributed by atoms with Crippen molar-refractivity contribution in [2.45, 2.75) is 51.7 Å². The zero-order valence-electron chi connectivity index (χ0n) is 12.0. The Labute approximate surface area is 117 Å². The molecule has 2 atom stereocenters. The van der Waals surface area contributed by atoms with Crippen molar-refractivity contribution in [1.82, 2.24) is 0 Å². The Morgan fingerprint density at radius 2 is 2.00 bits per heavy atom. The van der Waals surface area contributed by atoms with Gasteiger partial charge in [-0.05, 0) is 45.1 Å². The zero-order valence-corrected chi connectivity index (χ0v) is 12.0. The predicted octanol–water partition coefficient (Wildman–Crippen LogP) is 5.21. The zero-order chi connectivity index (χ0) is 13.5. The van der Waals surface area contributed by atoms with Crippen molar-refractivity contribution in [3.8, 4) is 0 Å². The first-order valence-electron chi connectivity index (χ1n) is 7.28.